The highest BCUT2D eigenvalue weighted by Gasteiger charge is 1.94. The molecule has 0 saturated carbocycles. The molecule has 62 valence electrons. The minimum absolute atomic E-state index is 0.560. The van der Waals surface area contributed by atoms with Crippen molar-refractivity contribution in [1.82, 2.24) is 10.4 Å². The quantitative estimate of drug-likeness (QED) is 0.571. The molecule has 0 aliphatic rings. The smallest absolute Gasteiger partial charge is 0.0575 e. The second-order valence-corrected chi connectivity index (χ2v) is 2.64. The number of likely N-dealkylation sites (N-methyl/N-ethyl adjacent to an activating group) is 1. The Balaban J connectivity index is 3.03. The molecule has 0 fully saturated rings. The summed E-state index contributed by atoms with van der Waals surface area (Å²) in [6.07, 6.45) is 0. The third-order valence-corrected chi connectivity index (χ3v) is 1.29. The predicted octanol–water partition coefficient (Wildman–Crippen LogP) is 0.478. The van der Waals surface area contributed by atoms with Crippen molar-refractivity contribution in [3.05, 3.63) is 0 Å². The molecule has 0 aromatic carbocycles. The summed E-state index contributed by atoms with van der Waals surface area (Å²) in [6.45, 7) is 6.16. The summed E-state index contributed by atoms with van der Waals surface area (Å²) in [5.41, 5.74) is 0. The molecule has 0 aromatic heterocycles. The SMILES string of the molecule is CON(C)CCNC(C)C. The first-order valence-corrected chi connectivity index (χ1v) is 3.65. The van der Waals surface area contributed by atoms with Gasteiger partial charge in [0, 0.05) is 26.2 Å². The van der Waals surface area contributed by atoms with Crippen LogP contribution < -0.4 is 5.32 Å². The summed E-state index contributed by atoms with van der Waals surface area (Å²) in [7, 11) is 3.59. The summed E-state index contributed by atoms with van der Waals surface area (Å²) in [4.78, 5) is 4.93. The molecule has 3 nitrogen and oxygen atoms in total. The van der Waals surface area contributed by atoms with Gasteiger partial charge in [0.15, 0.2) is 0 Å². The maximum absolute atomic E-state index is 4.93. The summed E-state index contributed by atoms with van der Waals surface area (Å²) >= 11 is 0. The van der Waals surface area contributed by atoms with Crippen molar-refractivity contribution < 1.29 is 4.84 Å². The molecule has 0 rings (SSSR count). The molecule has 0 aromatic rings. The van der Waals surface area contributed by atoms with E-state index in [1.165, 1.54) is 0 Å². The predicted molar refractivity (Wildman–Crippen MR) is 42.8 cm³/mol. The summed E-state index contributed by atoms with van der Waals surface area (Å²) < 4.78 is 0. The van der Waals surface area contributed by atoms with Gasteiger partial charge in [-0.05, 0) is 0 Å². The van der Waals surface area contributed by atoms with Gasteiger partial charge in [-0.1, -0.05) is 13.8 Å². The van der Waals surface area contributed by atoms with E-state index < -0.39 is 0 Å². The maximum Gasteiger partial charge on any atom is 0.0575 e. The fourth-order valence-corrected chi connectivity index (χ4v) is 0.602. The van der Waals surface area contributed by atoms with Crippen molar-refractivity contribution in [2.24, 2.45) is 0 Å². The summed E-state index contributed by atoms with van der Waals surface area (Å²) in [5, 5.41) is 5.09. The molecule has 1 N–H and O–H groups in total. The van der Waals surface area contributed by atoms with Gasteiger partial charge < -0.3 is 10.2 Å². The molecule has 0 atom stereocenters. The van der Waals surface area contributed by atoms with Crippen LogP contribution >= 0.6 is 0 Å². The van der Waals surface area contributed by atoms with Crippen LogP contribution in [0.4, 0.5) is 0 Å². The number of nitrogens with zero attached hydrogens (tertiary/aromatic N) is 1. The molecular formula is C7H18N2O. The van der Waals surface area contributed by atoms with Crippen LogP contribution in [-0.2, 0) is 4.84 Å². The Morgan fingerprint density at radius 3 is 2.50 bits per heavy atom. The minimum Gasteiger partial charge on any atom is -0.313 e. The van der Waals surface area contributed by atoms with E-state index in [2.05, 4.69) is 19.2 Å². The average molecular weight is 146 g/mol. The second-order valence-electron chi connectivity index (χ2n) is 2.64. The van der Waals surface area contributed by atoms with Crippen LogP contribution in [0, 0.1) is 0 Å². The highest BCUT2D eigenvalue weighted by Crippen LogP contribution is 1.80. The molecule has 0 aliphatic carbocycles. The Morgan fingerprint density at radius 2 is 2.10 bits per heavy atom. The fourth-order valence-electron chi connectivity index (χ4n) is 0.602. The maximum atomic E-state index is 4.93. The standard InChI is InChI=1S/C7H18N2O/c1-7(2)8-5-6-9(3)10-4/h7-8H,5-6H2,1-4H3. The zero-order valence-corrected chi connectivity index (χ0v) is 7.35. The molecule has 0 unspecified atom stereocenters. The van der Waals surface area contributed by atoms with Crippen LogP contribution in [0.2, 0.25) is 0 Å². The van der Waals surface area contributed by atoms with Gasteiger partial charge in [0.05, 0.1) is 7.11 Å². The first-order chi connectivity index (χ1) is 4.66. The van der Waals surface area contributed by atoms with Gasteiger partial charge >= 0.3 is 0 Å². The van der Waals surface area contributed by atoms with E-state index in [0.717, 1.165) is 13.1 Å². The van der Waals surface area contributed by atoms with Gasteiger partial charge in [0.1, 0.15) is 0 Å². The number of rotatable bonds is 5. The lowest BCUT2D eigenvalue weighted by Gasteiger charge is -2.14. The Morgan fingerprint density at radius 1 is 1.50 bits per heavy atom. The molecule has 0 amide bonds. The molecule has 0 aliphatic heterocycles. The van der Waals surface area contributed by atoms with Crippen molar-refractivity contribution in [2.75, 3.05) is 27.2 Å². The van der Waals surface area contributed by atoms with E-state index in [4.69, 9.17) is 4.84 Å². The zero-order valence-electron chi connectivity index (χ0n) is 7.35. The van der Waals surface area contributed by atoms with Gasteiger partial charge in [-0.2, -0.15) is 5.06 Å². The monoisotopic (exact) mass is 146 g/mol. The highest BCUT2D eigenvalue weighted by molar-refractivity contribution is 4.52. The van der Waals surface area contributed by atoms with E-state index in [1.54, 1.807) is 12.2 Å². The van der Waals surface area contributed by atoms with E-state index >= 15 is 0 Å². The van der Waals surface area contributed by atoms with Crippen LogP contribution in [-0.4, -0.2) is 38.4 Å². The van der Waals surface area contributed by atoms with Crippen LogP contribution in [0.5, 0.6) is 0 Å². The molecule has 0 spiro atoms. The van der Waals surface area contributed by atoms with Crippen LogP contribution in [0.15, 0.2) is 0 Å². The largest absolute Gasteiger partial charge is 0.313 e. The van der Waals surface area contributed by atoms with Crippen molar-refractivity contribution >= 4 is 0 Å². The van der Waals surface area contributed by atoms with Crippen molar-refractivity contribution in [2.45, 2.75) is 19.9 Å². The lowest BCUT2D eigenvalue weighted by molar-refractivity contribution is -0.107. The number of hydrogen-bond donors (Lipinski definition) is 1. The molecule has 0 heterocycles. The fraction of sp³-hybridized carbons (Fsp3) is 1.00. The molecule has 3 heteroatoms. The number of hydroxylamine groups is 2. The van der Waals surface area contributed by atoms with Gasteiger partial charge in [-0.15, -0.1) is 0 Å². The third-order valence-electron chi connectivity index (χ3n) is 1.29. The van der Waals surface area contributed by atoms with E-state index in [1.807, 2.05) is 7.05 Å². The third kappa shape index (κ3) is 6.01. The Hall–Kier alpha value is -0.120. The normalized spacial score (nSPS) is 11.4. The zero-order chi connectivity index (χ0) is 7.98. The van der Waals surface area contributed by atoms with Gasteiger partial charge in [-0.3, -0.25) is 0 Å². The van der Waals surface area contributed by atoms with Crippen LogP contribution in [0.1, 0.15) is 13.8 Å². The Kier molecular flexibility index (Phi) is 5.58. The Labute approximate surface area is 63.3 Å². The number of hydrogen-bond acceptors (Lipinski definition) is 3. The summed E-state index contributed by atoms with van der Waals surface area (Å²) in [5.74, 6) is 0. The van der Waals surface area contributed by atoms with Crippen LogP contribution in [0.3, 0.4) is 0 Å². The lowest BCUT2D eigenvalue weighted by Crippen LogP contribution is -2.32. The van der Waals surface area contributed by atoms with Crippen molar-refractivity contribution in [3.8, 4) is 0 Å². The average Bonchev–Trinajstić information content (AvgIpc) is 1.87. The van der Waals surface area contributed by atoms with Crippen LogP contribution in [0.25, 0.3) is 0 Å². The van der Waals surface area contributed by atoms with Gasteiger partial charge in [-0.25, -0.2) is 0 Å². The molecular weight excluding hydrogens is 128 g/mol. The Bertz CT molecular complexity index is 76.0. The highest BCUT2D eigenvalue weighted by atomic mass is 16.7. The van der Waals surface area contributed by atoms with Gasteiger partial charge in [0.25, 0.3) is 0 Å². The summed E-state index contributed by atoms with van der Waals surface area (Å²) in [6, 6.07) is 0.560. The molecule has 10 heavy (non-hydrogen) atoms. The lowest BCUT2D eigenvalue weighted by atomic mass is 10.4. The van der Waals surface area contributed by atoms with E-state index in [9.17, 15) is 0 Å². The number of nitrogens with one attached hydrogen (secondary N) is 1. The molecule has 0 bridgehead atoms. The topological polar surface area (TPSA) is 24.5 Å². The van der Waals surface area contributed by atoms with Crippen molar-refractivity contribution in [3.63, 3.8) is 0 Å². The molecule has 0 saturated heterocycles. The van der Waals surface area contributed by atoms with Crippen molar-refractivity contribution in [1.29, 1.82) is 0 Å². The second kappa shape index (κ2) is 5.65. The van der Waals surface area contributed by atoms with Gasteiger partial charge in [0.2, 0.25) is 0 Å². The first kappa shape index (κ1) is 9.88. The van der Waals surface area contributed by atoms with E-state index in [0.29, 0.717) is 6.04 Å². The first-order valence-electron chi connectivity index (χ1n) is 3.65. The minimum atomic E-state index is 0.560. The van der Waals surface area contributed by atoms with E-state index in [-0.39, 0.29) is 0 Å². The molecule has 0 radical (unpaired) electrons.